The molecule has 1 saturated carbocycles. The molecule has 0 radical (unpaired) electrons. The van der Waals surface area contributed by atoms with Gasteiger partial charge >= 0.3 is 6.03 Å². The van der Waals surface area contributed by atoms with Gasteiger partial charge in [0.2, 0.25) is 5.28 Å². The van der Waals surface area contributed by atoms with Crippen molar-refractivity contribution < 1.29 is 4.79 Å². The van der Waals surface area contributed by atoms with Crippen LogP contribution in [0.25, 0.3) is 0 Å². The summed E-state index contributed by atoms with van der Waals surface area (Å²) >= 11 is 5.63. The summed E-state index contributed by atoms with van der Waals surface area (Å²) in [5, 5.41) is 14.3. The van der Waals surface area contributed by atoms with Crippen molar-refractivity contribution in [2.75, 3.05) is 18.4 Å². The molecule has 8 heteroatoms. The zero-order valence-electron chi connectivity index (χ0n) is 12.5. The van der Waals surface area contributed by atoms with Gasteiger partial charge in [0.15, 0.2) is 5.82 Å². The number of rotatable bonds is 3. The molecular formula is C14H21ClN6O. The van der Waals surface area contributed by atoms with Crippen molar-refractivity contribution in [3.8, 4) is 0 Å². The molecule has 7 nitrogen and oxygen atoms in total. The van der Waals surface area contributed by atoms with Crippen LogP contribution in [0.5, 0.6) is 0 Å². The number of amides is 2. The van der Waals surface area contributed by atoms with Gasteiger partial charge in [-0.25, -0.2) is 9.78 Å². The van der Waals surface area contributed by atoms with Crippen molar-refractivity contribution >= 4 is 23.4 Å². The highest BCUT2D eigenvalue weighted by Crippen LogP contribution is 2.22. The Bertz CT molecular complexity index is 505. The molecule has 22 heavy (non-hydrogen) atoms. The third-order valence-corrected chi connectivity index (χ3v) is 4.45. The fourth-order valence-corrected chi connectivity index (χ4v) is 3.26. The Morgan fingerprint density at radius 1 is 1.18 bits per heavy atom. The summed E-state index contributed by atoms with van der Waals surface area (Å²) in [6.45, 7) is 1.76. The van der Waals surface area contributed by atoms with Crippen molar-refractivity contribution in [2.24, 2.45) is 0 Å². The molecule has 3 rings (SSSR count). The third kappa shape index (κ3) is 3.97. The summed E-state index contributed by atoms with van der Waals surface area (Å²) < 4.78 is 0. The number of carbonyl (C=O) groups is 1. The van der Waals surface area contributed by atoms with Crippen molar-refractivity contribution in [3.05, 3.63) is 11.5 Å². The van der Waals surface area contributed by atoms with Gasteiger partial charge in [0.05, 0.1) is 6.20 Å². The highest BCUT2D eigenvalue weighted by Gasteiger charge is 2.26. The Hall–Kier alpha value is -1.63. The number of aromatic nitrogens is 3. The van der Waals surface area contributed by atoms with Gasteiger partial charge in [0, 0.05) is 25.2 Å². The van der Waals surface area contributed by atoms with E-state index in [1.807, 2.05) is 4.90 Å². The van der Waals surface area contributed by atoms with E-state index < -0.39 is 0 Å². The molecule has 2 N–H and O–H groups in total. The van der Waals surface area contributed by atoms with Crippen LogP contribution in [0.4, 0.5) is 10.6 Å². The van der Waals surface area contributed by atoms with E-state index in [-0.39, 0.29) is 23.4 Å². The normalized spacial score (nSPS) is 25.0. The summed E-state index contributed by atoms with van der Waals surface area (Å²) in [5.41, 5.74) is 0. The second-order valence-electron chi connectivity index (χ2n) is 5.96. The number of anilines is 1. The number of hydrogen-bond donors (Lipinski definition) is 2. The van der Waals surface area contributed by atoms with Gasteiger partial charge in [-0.2, -0.15) is 0 Å². The van der Waals surface area contributed by atoms with E-state index in [1.54, 1.807) is 6.20 Å². The van der Waals surface area contributed by atoms with Crippen LogP contribution >= 0.6 is 11.6 Å². The number of nitrogens with zero attached hydrogens (tertiary/aromatic N) is 4. The Labute approximate surface area is 134 Å². The fraction of sp³-hybridized carbons (Fsp3) is 0.714. The topological polar surface area (TPSA) is 83.0 Å². The van der Waals surface area contributed by atoms with E-state index in [1.165, 1.54) is 0 Å². The number of carbonyl (C=O) groups excluding carboxylic acids is 1. The maximum atomic E-state index is 12.2. The van der Waals surface area contributed by atoms with Gasteiger partial charge in [0.1, 0.15) is 0 Å². The SMILES string of the molecule is O=C(N[C@@H]1CCC[C@H](Nc2cnc(Cl)nn2)C1)N1CCCC1. The Balaban J connectivity index is 1.50. The fourth-order valence-electron chi connectivity index (χ4n) is 3.17. The van der Waals surface area contributed by atoms with E-state index >= 15 is 0 Å². The van der Waals surface area contributed by atoms with Crippen LogP contribution in [0.3, 0.4) is 0 Å². The summed E-state index contributed by atoms with van der Waals surface area (Å²) in [6, 6.07) is 0.568. The maximum Gasteiger partial charge on any atom is 0.317 e. The number of urea groups is 1. The van der Waals surface area contributed by atoms with Crippen molar-refractivity contribution in [3.63, 3.8) is 0 Å². The van der Waals surface area contributed by atoms with Crippen molar-refractivity contribution in [1.82, 2.24) is 25.4 Å². The number of likely N-dealkylation sites (tertiary alicyclic amines) is 1. The molecule has 0 unspecified atom stereocenters. The Morgan fingerprint density at radius 2 is 1.95 bits per heavy atom. The molecule has 120 valence electrons. The third-order valence-electron chi connectivity index (χ3n) is 4.28. The maximum absolute atomic E-state index is 12.2. The first-order valence-electron chi connectivity index (χ1n) is 7.88. The molecule has 0 bridgehead atoms. The van der Waals surface area contributed by atoms with Crippen LogP contribution in [0.1, 0.15) is 38.5 Å². The van der Waals surface area contributed by atoms with Crippen LogP contribution in [0.2, 0.25) is 5.28 Å². The average molecular weight is 325 g/mol. The lowest BCUT2D eigenvalue weighted by molar-refractivity contribution is 0.200. The highest BCUT2D eigenvalue weighted by molar-refractivity contribution is 6.28. The van der Waals surface area contributed by atoms with Crippen LogP contribution in [-0.4, -0.2) is 51.3 Å². The number of halogens is 1. The molecule has 2 heterocycles. The van der Waals surface area contributed by atoms with E-state index in [2.05, 4.69) is 25.8 Å². The molecular weight excluding hydrogens is 304 g/mol. The van der Waals surface area contributed by atoms with Crippen molar-refractivity contribution in [1.29, 1.82) is 0 Å². The van der Waals surface area contributed by atoms with E-state index in [4.69, 9.17) is 11.6 Å². The summed E-state index contributed by atoms with van der Waals surface area (Å²) in [7, 11) is 0. The van der Waals surface area contributed by atoms with Crippen LogP contribution in [0, 0.1) is 0 Å². The number of nitrogens with one attached hydrogen (secondary N) is 2. The van der Waals surface area contributed by atoms with Crippen molar-refractivity contribution in [2.45, 2.75) is 50.6 Å². The molecule has 1 aromatic heterocycles. The first kappa shape index (κ1) is 15.3. The van der Waals surface area contributed by atoms with Gasteiger partial charge in [0.25, 0.3) is 0 Å². The highest BCUT2D eigenvalue weighted by atomic mass is 35.5. The van der Waals surface area contributed by atoms with Gasteiger partial charge in [-0.3, -0.25) is 0 Å². The second-order valence-corrected chi connectivity index (χ2v) is 6.30. The minimum absolute atomic E-state index is 0.0797. The lowest BCUT2D eigenvalue weighted by Crippen LogP contribution is -2.47. The second kappa shape index (κ2) is 7.09. The molecule has 1 aliphatic carbocycles. The molecule has 1 aromatic rings. The zero-order chi connectivity index (χ0) is 15.4. The van der Waals surface area contributed by atoms with Crippen LogP contribution < -0.4 is 10.6 Å². The molecule has 0 spiro atoms. The first-order chi connectivity index (χ1) is 10.7. The summed E-state index contributed by atoms with van der Waals surface area (Å²) in [4.78, 5) is 18.0. The van der Waals surface area contributed by atoms with E-state index in [9.17, 15) is 4.79 Å². The lowest BCUT2D eigenvalue weighted by Gasteiger charge is -2.31. The minimum Gasteiger partial charge on any atom is -0.364 e. The monoisotopic (exact) mass is 324 g/mol. The van der Waals surface area contributed by atoms with Gasteiger partial charge in [-0.05, 0) is 50.1 Å². The molecule has 0 aromatic carbocycles. The molecule has 1 aliphatic heterocycles. The summed E-state index contributed by atoms with van der Waals surface area (Å²) in [6.07, 6.45) is 7.88. The van der Waals surface area contributed by atoms with Gasteiger partial charge < -0.3 is 15.5 Å². The number of hydrogen-bond acceptors (Lipinski definition) is 5. The minimum atomic E-state index is 0.0797. The predicted octanol–water partition coefficient (Wildman–Crippen LogP) is 2.05. The molecule has 2 amide bonds. The van der Waals surface area contributed by atoms with E-state index in [0.29, 0.717) is 5.82 Å². The van der Waals surface area contributed by atoms with Crippen LogP contribution in [0.15, 0.2) is 6.20 Å². The quantitative estimate of drug-likeness (QED) is 0.889. The molecule has 2 aliphatic rings. The molecule has 1 saturated heterocycles. The lowest BCUT2D eigenvalue weighted by atomic mass is 9.91. The standard InChI is InChI=1S/C14H21ClN6O/c15-13-16-9-12(19-20-13)17-10-4-3-5-11(8-10)18-14(22)21-6-1-2-7-21/h9-11H,1-8H2,(H,17,19)(H,18,22)/t10-,11+/m0/s1. The Morgan fingerprint density at radius 3 is 2.68 bits per heavy atom. The first-order valence-corrected chi connectivity index (χ1v) is 8.26. The van der Waals surface area contributed by atoms with E-state index in [0.717, 1.165) is 51.6 Å². The summed E-state index contributed by atoms with van der Waals surface area (Å²) in [5.74, 6) is 0.626. The average Bonchev–Trinajstić information content (AvgIpc) is 3.04. The molecule has 2 atom stereocenters. The van der Waals surface area contributed by atoms with Crippen LogP contribution in [-0.2, 0) is 0 Å². The smallest absolute Gasteiger partial charge is 0.317 e. The Kier molecular flexibility index (Phi) is 4.92. The largest absolute Gasteiger partial charge is 0.364 e. The van der Waals surface area contributed by atoms with Gasteiger partial charge in [-0.1, -0.05) is 0 Å². The zero-order valence-corrected chi connectivity index (χ0v) is 13.2. The van der Waals surface area contributed by atoms with Gasteiger partial charge in [-0.15, -0.1) is 10.2 Å². The molecule has 2 fully saturated rings. The predicted molar refractivity (Wildman–Crippen MR) is 83.8 cm³/mol.